The number of hydrogen-bond acceptors (Lipinski definition) is 7. The van der Waals surface area contributed by atoms with E-state index in [1.165, 1.54) is 385 Å². The van der Waals surface area contributed by atoms with Crippen molar-refractivity contribution in [2.24, 2.45) is 0 Å². The summed E-state index contributed by atoms with van der Waals surface area (Å²) in [5, 5.41) is 0. The number of quaternary nitrogens is 1. The Balaban J connectivity index is 3.87. The maximum Gasteiger partial charge on any atom is 0.472 e. The van der Waals surface area contributed by atoms with E-state index in [1.807, 2.05) is 21.1 Å². The molecule has 0 bridgehead atoms. The van der Waals surface area contributed by atoms with Crippen LogP contribution in [0.1, 0.15) is 450 Å². The molecule has 2 atom stereocenters. The number of phosphoric ester groups is 1. The molecule has 2 unspecified atom stereocenters. The van der Waals surface area contributed by atoms with Crippen molar-refractivity contribution in [3.05, 3.63) is 0 Å². The van der Waals surface area contributed by atoms with Crippen LogP contribution in [0.4, 0.5) is 0 Å². The molecule has 10 heteroatoms. The van der Waals surface area contributed by atoms with E-state index in [2.05, 4.69) is 13.8 Å². The fraction of sp³-hybridized carbons (Fsp3) is 0.975. The first-order valence-electron chi connectivity index (χ1n) is 40.8. The van der Waals surface area contributed by atoms with Crippen molar-refractivity contribution < 1.29 is 42.1 Å². The highest BCUT2D eigenvalue weighted by Gasteiger charge is 2.27. The third kappa shape index (κ3) is 76.0. The first-order valence-corrected chi connectivity index (χ1v) is 42.3. The number of esters is 2. The normalized spacial score (nSPS) is 12.9. The standard InChI is InChI=1S/C80H160NO8P/c1-6-8-10-12-14-16-18-20-22-24-26-28-30-32-34-36-37-38-39-40-41-42-43-45-47-49-51-53-55-57-59-61-63-65-67-69-71-73-80(83)89-78(77-88-90(84,85)87-75-74-81(3,4)5)76-86-79(82)72-70-68-66-64-62-60-58-56-54-52-50-48-46-44-35-33-31-29-27-25-23-21-19-17-15-13-11-9-7-2/h78H,6-77H2,1-5H3/p+1. The Morgan fingerprint density at radius 3 is 0.711 bits per heavy atom. The molecular formula is C80H161NO8P+. The zero-order valence-electron chi connectivity index (χ0n) is 61.7. The third-order valence-electron chi connectivity index (χ3n) is 19.1. The van der Waals surface area contributed by atoms with Gasteiger partial charge in [0.15, 0.2) is 6.10 Å². The van der Waals surface area contributed by atoms with Crippen LogP contribution in [0, 0.1) is 0 Å². The minimum atomic E-state index is -4.39. The molecule has 0 heterocycles. The van der Waals surface area contributed by atoms with Crippen LogP contribution < -0.4 is 0 Å². The zero-order chi connectivity index (χ0) is 65.5. The lowest BCUT2D eigenvalue weighted by Crippen LogP contribution is -2.37. The molecule has 1 N–H and O–H groups in total. The van der Waals surface area contributed by atoms with Gasteiger partial charge in [-0.2, -0.15) is 0 Å². The summed E-state index contributed by atoms with van der Waals surface area (Å²) >= 11 is 0. The van der Waals surface area contributed by atoms with Gasteiger partial charge in [0.05, 0.1) is 27.7 Å². The average Bonchev–Trinajstić information content (AvgIpc) is 3.58. The Kier molecular flexibility index (Phi) is 71.5. The fourth-order valence-electron chi connectivity index (χ4n) is 12.9. The van der Waals surface area contributed by atoms with Crippen LogP contribution in [0.15, 0.2) is 0 Å². The summed E-state index contributed by atoms with van der Waals surface area (Å²) in [4.78, 5) is 36.0. The van der Waals surface area contributed by atoms with Crippen molar-refractivity contribution in [2.75, 3.05) is 47.5 Å². The monoisotopic (exact) mass is 1300 g/mol. The molecule has 90 heavy (non-hydrogen) atoms. The summed E-state index contributed by atoms with van der Waals surface area (Å²) in [5.74, 6) is -0.764. The molecule has 0 aromatic heterocycles. The van der Waals surface area contributed by atoms with Crippen LogP contribution in [0.25, 0.3) is 0 Å². The van der Waals surface area contributed by atoms with E-state index in [9.17, 15) is 19.0 Å². The molecule has 0 amide bonds. The van der Waals surface area contributed by atoms with Crippen molar-refractivity contribution in [1.82, 2.24) is 0 Å². The number of hydrogen-bond donors (Lipinski definition) is 1. The average molecular weight is 1300 g/mol. The lowest BCUT2D eigenvalue weighted by atomic mass is 10.0. The second-order valence-electron chi connectivity index (χ2n) is 29.5. The second kappa shape index (κ2) is 72.3. The molecule has 0 aliphatic rings. The highest BCUT2D eigenvalue weighted by molar-refractivity contribution is 7.47. The van der Waals surface area contributed by atoms with Gasteiger partial charge in [0.2, 0.25) is 0 Å². The molecule has 0 aliphatic heterocycles. The van der Waals surface area contributed by atoms with Crippen molar-refractivity contribution in [3.63, 3.8) is 0 Å². The Morgan fingerprint density at radius 1 is 0.300 bits per heavy atom. The summed E-state index contributed by atoms with van der Waals surface area (Å²) in [6.45, 7) is 4.55. The maximum absolute atomic E-state index is 12.9. The molecule has 0 rings (SSSR count). The van der Waals surface area contributed by atoms with Gasteiger partial charge in [-0.25, -0.2) is 4.57 Å². The quantitative estimate of drug-likeness (QED) is 0.0278. The van der Waals surface area contributed by atoms with Gasteiger partial charge >= 0.3 is 19.8 Å². The molecule has 0 saturated carbocycles. The Labute approximate surface area is 563 Å². The van der Waals surface area contributed by atoms with Crippen LogP contribution in [0.2, 0.25) is 0 Å². The molecule has 0 aliphatic carbocycles. The molecule has 538 valence electrons. The summed E-state index contributed by atoms with van der Waals surface area (Å²) in [5.41, 5.74) is 0. The van der Waals surface area contributed by atoms with Gasteiger partial charge in [0, 0.05) is 12.8 Å². The minimum Gasteiger partial charge on any atom is -0.462 e. The SMILES string of the molecule is CCCCCCCCCCCCCCCCCCCCCCCCCCCCCCCCCCCCCCCC(=O)OC(COC(=O)CCCCCCCCCCCCCCCCCCCCCCCCCCCCCCC)COP(=O)(O)OCC[N+](C)(C)C. The van der Waals surface area contributed by atoms with E-state index in [0.29, 0.717) is 17.4 Å². The number of phosphoric acid groups is 1. The molecule has 0 spiro atoms. The molecule has 0 saturated heterocycles. The van der Waals surface area contributed by atoms with Gasteiger partial charge in [0.25, 0.3) is 0 Å². The summed E-state index contributed by atoms with van der Waals surface area (Å²) in [6, 6.07) is 0. The number of ether oxygens (including phenoxy) is 2. The van der Waals surface area contributed by atoms with Crippen molar-refractivity contribution >= 4 is 19.8 Å². The van der Waals surface area contributed by atoms with Crippen molar-refractivity contribution in [3.8, 4) is 0 Å². The van der Waals surface area contributed by atoms with E-state index in [-0.39, 0.29) is 25.6 Å². The van der Waals surface area contributed by atoms with Gasteiger partial charge in [-0.05, 0) is 12.8 Å². The second-order valence-corrected chi connectivity index (χ2v) is 31.0. The van der Waals surface area contributed by atoms with E-state index in [4.69, 9.17) is 18.5 Å². The lowest BCUT2D eigenvalue weighted by molar-refractivity contribution is -0.870. The van der Waals surface area contributed by atoms with Gasteiger partial charge in [-0.1, -0.05) is 425 Å². The largest absolute Gasteiger partial charge is 0.472 e. The summed E-state index contributed by atoms with van der Waals surface area (Å²) in [6.07, 6.45) is 89.9. The minimum absolute atomic E-state index is 0.0379. The molecule has 0 radical (unpaired) electrons. The first kappa shape index (κ1) is 89.0. The highest BCUT2D eigenvalue weighted by Crippen LogP contribution is 2.43. The number of carbonyl (C=O) groups excluding carboxylic acids is 2. The summed E-state index contributed by atoms with van der Waals surface area (Å²) < 4.78 is 34.8. The predicted octanol–water partition coefficient (Wildman–Crippen LogP) is 26.8. The summed E-state index contributed by atoms with van der Waals surface area (Å²) in [7, 11) is 1.51. The molecule has 0 aromatic carbocycles. The van der Waals surface area contributed by atoms with Crippen molar-refractivity contribution in [1.29, 1.82) is 0 Å². The molecule has 0 fully saturated rings. The van der Waals surface area contributed by atoms with E-state index in [1.54, 1.807) is 0 Å². The third-order valence-corrected chi connectivity index (χ3v) is 20.1. The molecular weight excluding hydrogens is 1130 g/mol. The van der Waals surface area contributed by atoms with Gasteiger partial charge in [-0.3, -0.25) is 18.6 Å². The van der Waals surface area contributed by atoms with Crippen LogP contribution >= 0.6 is 7.82 Å². The van der Waals surface area contributed by atoms with Crippen LogP contribution in [0.3, 0.4) is 0 Å². The first-order chi connectivity index (χ1) is 44.0. The number of rotatable bonds is 78. The maximum atomic E-state index is 12.9. The Bertz CT molecular complexity index is 1470. The van der Waals surface area contributed by atoms with E-state index >= 15 is 0 Å². The zero-order valence-corrected chi connectivity index (χ0v) is 62.6. The van der Waals surface area contributed by atoms with E-state index in [0.717, 1.165) is 38.5 Å². The topological polar surface area (TPSA) is 108 Å². The molecule has 0 aromatic rings. The predicted molar refractivity (Wildman–Crippen MR) is 391 cm³/mol. The number of nitrogens with zero attached hydrogens (tertiary/aromatic N) is 1. The van der Waals surface area contributed by atoms with Gasteiger partial charge < -0.3 is 18.9 Å². The lowest BCUT2D eigenvalue weighted by Gasteiger charge is -2.24. The van der Waals surface area contributed by atoms with Crippen LogP contribution in [-0.4, -0.2) is 74.9 Å². The van der Waals surface area contributed by atoms with Crippen LogP contribution in [0.5, 0.6) is 0 Å². The molecule has 9 nitrogen and oxygen atoms in total. The number of likely N-dealkylation sites (N-methyl/N-ethyl adjacent to an activating group) is 1. The van der Waals surface area contributed by atoms with E-state index < -0.39 is 26.5 Å². The number of unbranched alkanes of at least 4 members (excludes halogenated alkanes) is 64. The smallest absolute Gasteiger partial charge is 0.462 e. The Hall–Kier alpha value is -0.990. The van der Waals surface area contributed by atoms with Crippen LogP contribution in [-0.2, 0) is 32.7 Å². The van der Waals surface area contributed by atoms with Gasteiger partial charge in [-0.15, -0.1) is 0 Å². The number of carbonyl (C=O) groups is 2. The highest BCUT2D eigenvalue weighted by atomic mass is 31.2. The Morgan fingerprint density at radius 2 is 0.500 bits per heavy atom. The van der Waals surface area contributed by atoms with Crippen molar-refractivity contribution in [2.45, 2.75) is 457 Å². The fourth-order valence-corrected chi connectivity index (χ4v) is 13.7. The van der Waals surface area contributed by atoms with Gasteiger partial charge in [0.1, 0.15) is 19.8 Å².